The number of rotatable bonds is 3. The normalized spacial score (nSPS) is 18.5. The molecule has 1 fully saturated rings. The van der Waals surface area contributed by atoms with Gasteiger partial charge in [-0.15, -0.1) is 11.3 Å². The summed E-state index contributed by atoms with van der Waals surface area (Å²) in [7, 11) is 0. The first kappa shape index (κ1) is 12.6. The molecule has 2 heterocycles. The number of carbonyl (C=O) groups excluding carboxylic acids is 2. The lowest BCUT2D eigenvalue weighted by Gasteiger charge is -2.09. The van der Waals surface area contributed by atoms with Gasteiger partial charge in [0.05, 0.1) is 5.56 Å². The molecule has 6 nitrogen and oxygen atoms in total. The van der Waals surface area contributed by atoms with Crippen LogP contribution in [-0.4, -0.2) is 28.9 Å². The van der Waals surface area contributed by atoms with Gasteiger partial charge in [-0.25, -0.2) is 4.79 Å². The van der Waals surface area contributed by atoms with E-state index in [4.69, 9.17) is 5.11 Å². The molecule has 1 aliphatic rings. The second-order valence-corrected chi connectivity index (χ2v) is 5.31. The Morgan fingerprint density at radius 3 is 2.83 bits per heavy atom. The first-order valence-corrected chi connectivity index (χ1v) is 6.23. The van der Waals surface area contributed by atoms with Crippen LogP contribution in [-0.2, 0) is 9.59 Å². The van der Waals surface area contributed by atoms with Gasteiger partial charge in [-0.05, 0) is 19.4 Å². The Morgan fingerprint density at radius 2 is 2.28 bits per heavy atom. The molecule has 0 radical (unpaired) electrons. The van der Waals surface area contributed by atoms with Gasteiger partial charge in [0, 0.05) is 11.3 Å². The smallest absolute Gasteiger partial charge is 0.338 e. The first-order valence-electron chi connectivity index (χ1n) is 5.41. The van der Waals surface area contributed by atoms with E-state index in [1.54, 1.807) is 6.92 Å². The minimum atomic E-state index is -1.08. The average Bonchev–Trinajstić information content (AvgIpc) is 2.85. The Hall–Kier alpha value is -1.89. The van der Waals surface area contributed by atoms with Gasteiger partial charge in [-0.2, -0.15) is 0 Å². The molecule has 1 atom stereocenters. The summed E-state index contributed by atoms with van der Waals surface area (Å²) in [4.78, 5) is 34.6. The minimum absolute atomic E-state index is 0.0789. The van der Waals surface area contributed by atoms with Crippen LogP contribution in [0.5, 0.6) is 0 Å². The van der Waals surface area contributed by atoms with Gasteiger partial charge in [0.15, 0.2) is 0 Å². The predicted octanol–water partition coefficient (Wildman–Crippen LogP) is 0.972. The molecule has 1 aromatic heterocycles. The van der Waals surface area contributed by atoms with Crippen molar-refractivity contribution in [3.8, 4) is 0 Å². The molecule has 0 aliphatic carbocycles. The van der Waals surface area contributed by atoms with Crippen molar-refractivity contribution in [2.24, 2.45) is 0 Å². The minimum Gasteiger partial charge on any atom is -0.478 e. The molecule has 0 aromatic carbocycles. The molecule has 2 amide bonds. The number of hydrogen-bond donors (Lipinski definition) is 3. The number of carboxylic acid groups (broad SMARTS) is 1. The highest BCUT2D eigenvalue weighted by atomic mass is 32.1. The predicted molar refractivity (Wildman–Crippen MR) is 65.8 cm³/mol. The van der Waals surface area contributed by atoms with Crippen LogP contribution in [0.15, 0.2) is 6.07 Å². The fourth-order valence-electron chi connectivity index (χ4n) is 1.78. The summed E-state index contributed by atoms with van der Waals surface area (Å²) in [5.74, 6) is -1.61. The van der Waals surface area contributed by atoms with Crippen LogP contribution in [0.2, 0.25) is 0 Å². The summed E-state index contributed by atoms with van der Waals surface area (Å²) >= 11 is 1.21. The van der Waals surface area contributed by atoms with Gasteiger partial charge >= 0.3 is 5.97 Å². The highest BCUT2D eigenvalue weighted by Crippen LogP contribution is 2.28. The maximum absolute atomic E-state index is 11.8. The molecule has 0 spiro atoms. The molecular formula is C11H12N2O4S. The van der Waals surface area contributed by atoms with Gasteiger partial charge in [0.25, 0.3) is 0 Å². The number of amides is 2. The molecule has 7 heteroatoms. The third kappa shape index (κ3) is 2.51. The fraction of sp³-hybridized carbons (Fsp3) is 0.364. The third-order valence-corrected chi connectivity index (χ3v) is 3.60. The quantitative estimate of drug-likeness (QED) is 0.761. The number of nitrogens with one attached hydrogen (secondary N) is 2. The number of hydrogen-bond acceptors (Lipinski definition) is 4. The molecular weight excluding hydrogens is 256 g/mol. The van der Waals surface area contributed by atoms with Crippen LogP contribution in [0.3, 0.4) is 0 Å². The zero-order chi connectivity index (χ0) is 13.3. The molecule has 0 unspecified atom stereocenters. The molecule has 0 saturated carbocycles. The molecule has 18 heavy (non-hydrogen) atoms. The number of carboxylic acids is 1. The van der Waals surface area contributed by atoms with Crippen LogP contribution >= 0.6 is 11.3 Å². The number of anilines is 1. The maximum atomic E-state index is 11.8. The molecule has 3 N–H and O–H groups in total. The monoisotopic (exact) mass is 268 g/mol. The van der Waals surface area contributed by atoms with Gasteiger partial charge < -0.3 is 15.7 Å². The van der Waals surface area contributed by atoms with Crippen molar-refractivity contribution in [2.75, 3.05) is 5.32 Å². The molecule has 96 valence electrons. The van der Waals surface area contributed by atoms with E-state index >= 15 is 0 Å². The van der Waals surface area contributed by atoms with Gasteiger partial charge in [0.1, 0.15) is 11.0 Å². The summed E-state index contributed by atoms with van der Waals surface area (Å²) in [5, 5.41) is 14.4. The van der Waals surface area contributed by atoms with Crippen LogP contribution in [0.4, 0.5) is 5.00 Å². The molecule has 1 aromatic rings. The van der Waals surface area contributed by atoms with E-state index in [1.807, 2.05) is 0 Å². The number of thiophene rings is 1. The Balaban J connectivity index is 2.11. The molecule has 0 bridgehead atoms. The Morgan fingerprint density at radius 1 is 1.56 bits per heavy atom. The van der Waals surface area contributed by atoms with Crippen molar-refractivity contribution in [3.05, 3.63) is 16.5 Å². The lowest BCUT2D eigenvalue weighted by atomic mass is 10.2. The van der Waals surface area contributed by atoms with Crippen LogP contribution in [0, 0.1) is 6.92 Å². The van der Waals surface area contributed by atoms with Gasteiger partial charge in [0.2, 0.25) is 11.8 Å². The van der Waals surface area contributed by atoms with E-state index in [0.717, 1.165) is 4.88 Å². The summed E-state index contributed by atoms with van der Waals surface area (Å²) < 4.78 is 0. The second-order valence-electron chi connectivity index (χ2n) is 4.05. The zero-order valence-electron chi connectivity index (χ0n) is 9.65. The summed E-state index contributed by atoms with van der Waals surface area (Å²) in [6.45, 7) is 1.77. The van der Waals surface area contributed by atoms with E-state index in [9.17, 15) is 14.4 Å². The highest BCUT2D eigenvalue weighted by molar-refractivity contribution is 7.16. The summed E-state index contributed by atoms with van der Waals surface area (Å²) in [5.41, 5.74) is 0.0789. The standard InChI is InChI=1S/C11H12N2O4S/c1-5-4-6(11(16)17)10(18-5)13-9(15)7-2-3-8(14)12-7/h4,7H,2-3H2,1H3,(H,12,14)(H,13,15)(H,16,17)/t7-/m0/s1. The van der Waals surface area contributed by atoms with Crippen molar-refractivity contribution in [1.29, 1.82) is 0 Å². The lowest BCUT2D eigenvalue weighted by molar-refractivity contribution is -0.122. The van der Waals surface area contributed by atoms with Crippen molar-refractivity contribution < 1.29 is 19.5 Å². The average molecular weight is 268 g/mol. The number of aryl methyl sites for hydroxylation is 1. The SMILES string of the molecule is Cc1cc(C(=O)O)c(NC(=O)[C@@H]2CCC(=O)N2)s1. The molecule has 1 saturated heterocycles. The Labute approximate surface area is 107 Å². The zero-order valence-corrected chi connectivity index (χ0v) is 10.5. The topological polar surface area (TPSA) is 95.5 Å². The van der Waals surface area contributed by atoms with Crippen molar-refractivity contribution in [3.63, 3.8) is 0 Å². The second kappa shape index (κ2) is 4.77. The van der Waals surface area contributed by atoms with Crippen LogP contribution in [0.1, 0.15) is 28.1 Å². The number of carbonyl (C=O) groups is 3. The van der Waals surface area contributed by atoms with E-state index in [1.165, 1.54) is 17.4 Å². The molecule has 1 aliphatic heterocycles. The Kier molecular flexibility index (Phi) is 3.33. The van der Waals surface area contributed by atoms with Crippen LogP contribution in [0.25, 0.3) is 0 Å². The Bertz CT molecular complexity index is 523. The van der Waals surface area contributed by atoms with E-state index in [-0.39, 0.29) is 17.4 Å². The third-order valence-electron chi connectivity index (χ3n) is 2.63. The fourth-order valence-corrected chi connectivity index (χ4v) is 2.68. The van der Waals surface area contributed by atoms with Crippen molar-refractivity contribution in [1.82, 2.24) is 5.32 Å². The summed E-state index contributed by atoms with van der Waals surface area (Å²) in [6.07, 6.45) is 0.769. The highest BCUT2D eigenvalue weighted by Gasteiger charge is 2.28. The van der Waals surface area contributed by atoms with E-state index in [2.05, 4.69) is 10.6 Å². The van der Waals surface area contributed by atoms with Crippen molar-refractivity contribution in [2.45, 2.75) is 25.8 Å². The van der Waals surface area contributed by atoms with Crippen molar-refractivity contribution >= 4 is 34.1 Å². The van der Waals surface area contributed by atoms with Crippen LogP contribution < -0.4 is 10.6 Å². The molecule has 2 rings (SSSR count). The largest absolute Gasteiger partial charge is 0.478 e. The van der Waals surface area contributed by atoms with Gasteiger partial charge in [-0.3, -0.25) is 9.59 Å². The van der Waals surface area contributed by atoms with Gasteiger partial charge in [-0.1, -0.05) is 0 Å². The lowest BCUT2D eigenvalue weighted by Crippen LogP contribution is -2.37. The summed E-state index contributed by atoms with van der Waals surface area (Å²) in [6, 6.07) is 0.942. The first-order chi connectivity index (χ1) is 8.47. The number of aromatic carboxylic acids is 1. The van der Waals surface area contributed by atoms with E-state index in [0.29, 0.717) is 17.8 Å². The maximum Gasteiger partial charge on any atom is 0.338 e. The van der Waals surface area contributed by atoms with E-state index < -0.39 is 12.0 Å².